The van der Waals surface area contributed by atoms with E-state index < -0.39 is 0 Å². The van der Waals surface area contributed by atoms with E-state index in [0.717, 1.165) is 37.1 Å². The lowest BCUT2D eigenvalue weighted by molar-refractivity contribution is 0.149. The van der Waals surface area contributed by atoms with Crippen LogP contribution in [-0.2, 0) is 6.42 Å². The van der Waals surface area contributed by atoms with Gasteiger partial charge in [0, 0.05) is 5.56 Å². The largest absolute Gasteiger partial charge is 0.394 e. The van der Waals surface area contributed by atoms with Crippen LogP contribution in [0.25, 0.3) is 0 Å². The number of hydrogen-bond acceptors (Lipinski definition) is 6. The third-order valence-corrected chi connectivity index (χ3v) is 4.21. The Morgan fingerprint density at radius 1 is 1.45 bits per heavy atom. The summed E-state index contributed by atoms with van der Waals surface area (Å²) >= 11 is 0. The fourth-order valence-electron chi connectivity index (χ4n) is 3.19. The first-order valence-corrected chi connectivity index (χ1v) is 7.33. The highest BCUT2D eigenvalue weighted by atomic mass is 16.3. The second-order valence-electron chi connectivity index (χ2n) is 5.81. The van der Waals surface area contributed by atoms with E-state index in [4.69, 9.17) is 5.84 Å². The molecule has 0 aromatic carbocycles. The Balaban J connectivity index is 2.27. The average molecular weight is 279 g/mol. The zero-order valence-corrected chi connectivity index (χ0v) is 12.3. The minimum Gasteiger partial charge on any atom is -0.394 e. The van der Waals surface area contributed by atoms with Crippen LogP contribution < -0.4 is 16.6 Å². The SMILES string of the molecule is CCc1c(NN)ncnc1NC1(CO)CCCC(C)C1. The molecule has 0 saturated heterocycles. The quantitative estimate of drug-likeness (QED) is 0.484. The summed E-state index contributed by atoms with van der Waals surface area (Å²) < 4.78 is 0. The van der Waals surface area contributed by atoms with Crippen LogP contribution in [0.5, 0.6) is 0 Å². The third kappa shape index (κ3) is 3.02. The molecule has 0 amide bonds. The van der Waals surface area contributed by atoms with Crippen molar-refractivity contribution in [3.8, 4) is 0 Å². The molecule has 1 aromatic heterocycles. The van der Waals surface area contributed by atoms with Gasteiger partial charge in [-0.05, 0) is 25.2 Å². The number of hydrazine groups is 1. The summed E-state index contributed by atoms with van der Waals surface area (Å²) in [6.07, 6.45) is 6.55. The molecule has 5 N–H and O–H groups in total. The smallest absolute Gasteiger partial charge is 0.148 e. The molecular weight excluding hydrogens is 254 g/mol. The highest BCUT2D eigenvalue weighted by molar-refractivity contribution is 5.58. The summed E-state index contributed by atoms with van der Waals surface area (Å²) in [5.74, 6) is 7.53. The van der Waals surface area contributed by atoms with Gasteiger partial charge in [0.2, 0.25) is 0 Å². The Morgan fingerprint density at radius 2 is 2.20 bits per heavy atom. The van der Waals surface area contributed by atoms with Crippen molar-refractivity contribution in [3.63, 3.8) is 0 Å². The lowest BCUT2D eigenvalue weighted by Crippen LogP contribution is -2.46. The topological polar surface area (TPSA) is 96.1 Å². The first-order valence-electron chi connectivity index (χ1n) is 7.33. The van der Waals surface area contributed by atoms with Crippen molar-refractivity contribution >= 4 is 11.6 Å². The Labute approximate surface area is 120 Å². The van der Waals surface area contributed by atoms with Crippen LogP contribution in [0.4, 0.5) is 11.6 Å². The maximum atomic E-state index is 9.86. The molecule has 0 radical (unpaired) electrons. The molecule has 0 spiro atoms. The van der Waals surface area contributed by atoms with Crippen molar-refractivity contribution in [1.29, 1.82) is 0 Å². The van der Waals surface area contributed by atoms with Crippen LogP contribution in [0, 0.1) is 5.92 Å². The lowest BCUT2D eigenvalue weighted by Gasteiger charge is -2.40. The van der Waals surface area contributed by atoms with E-state index >= 15 is 0 Å². The van der Waals surface area contributed by atoms with Gasteiger partial charge in [-0.25, -0.2) is 15.8 Å². The molecule has 1 aliphatic carbocycles. The summed E-state index contributed by atoms with van der Waals surface area (Å²) in [7, 11) is 0. The van der Waals surface area contributed by atoms with Gasteiger partial charge in [0.25, 0.3) is 0 Å². The number of nitrogens with one attached hydrogen (secondary N) is 2. The maximum absolute atomic E-state index is 9.86. The molecule has 6 heteroatoms. The van der Waals surface area contributed by atoms with Crippen molar-refractivity contribution < 1.29 is 5.11 Å². The van der Waals surface area contributed by atoms with Crippen LogP contribution in [0.15, 0.2) is 6.33 Å². The molecule has 112 valence electrons. The molecule has 0 bridgehead atoms. The molecular formula is C14H25N5O. The van der Waals surface area contributed by atoms with Gasteiger partial charge in [-0.1, -0.05) is 26.7 Å². The van der Waals surface area contributed by atoms with Gasteiger partial charge >= 0.3 is 0 Å². The summed E-state index contributed by atoms with van der Waals surface area (Å²) in [5.41, 5.74) is 3.29. The monoisotopic (exact) mass is 279 g/mol. The number of anilines is 2. The van der Waals surface area contributed by atoms with E-state index in [2.05, 4.69) is 27.6 Å². The minimum absolute atomic E-state index is 0.121. The maximum Gasteiger partial charge on any atom is 0.148 e. The highest BCUT2D eigenvalue weighted by Crippen LogP contribution is 2.35. The van der Waals surface area contributed by atoms with Crippen LogP contribution in [0.3, 0.4) is 0 Å². The number of aromatic nitrogens is 2. The van der Waals surface area contributed by atoms with Crippen LogP contribution >= 0.6 is 0 Å². The van der Waals surface area contributed by atoms with Crippen molar-refractivity contribution in [2.45, 2.75) is 51.5 Å². The first kappa shape index (κ1) is 15.0. The second-order valence-corrected chi connectivity index (χ2v) is 5.81. The van der Waals surface area contributed by atoms with Crippen LogP contribution in [0.2, 0.25) is 0 Å². The van der Waals surface area contributed by atoms with Crippen LogP contribution in [-0.4, -0.2) is 27.2 Å². The van der Waals surface area contributed by atoms with E-state index in [1.807, 2.05) is 6.92 Å². The van der Waals surface area contributed by atoms with Gasteiger partial charge in [-0.3, -0.25) is 0 Å². The number of aliphatic hydroxyl groups is 1. The van der Waals surface area contributed by atoms with Gasteiger partial charge in [-0.2, -0.15) is 0 Å². The fourth-order valence-corrected chi connectivity index (χ4v) is 3.19. The van der Waals surface area contributed by atoms with E-state index in [-0.39, 0.29) is 12.1 Å². The lowest BCUT2D eigenvalue weighted by atomic mass is 9.76. The van der Waals surface area contributed by atoms with E-state index in [1.54, 1.807) is 0 Å². The normalized spacial score (nSPS) is 26.3. The molecule has 2 rings (SSSR count). The standard InChI is InChI=1S/C14H25N5O/c1-3-11-12(16-9-17-13(11)19-15)18-14(8-20)6-4-5-10(2)7-14/h9-10,20H,3-8,15H2,1-2H3,(H2,16,17,18,19). The predicted molar refractivity (Wildman–Crippen MR) is 80.3 cm³/mol. The molecule has 1 aromatic rings. The summed E-state index contributed by atoms with van der Waals surface area (Å²) in [6.45, 7) is 4.40. The van der Waals surface area contributed by atoms with Gasteiger partial charge < -0.3 is 15.8 Å². The molecule has 1 aliphatic rings. The average Bonchev–Trinajstić information content (AvgIpc) is 2.47. The Hall–Kier alpha value is -1.40. The summed E-state index contributed by atoms with van der Waals surface area (Å²) in [5, 5.41) is 13.3. The number of aliphatic hydroxyl groups excluding tert-OH is 1. The minimum atomic E-state index is -0.276. The molecule has 20 heavy (non-hydrogen) atoms. The Kier molecular flexibility index (Phi) is 4.77. The summed E-state index contributed by atoms with van der Waals surface area (Å²) in [4.78, 5) is 8.48. The number of rotatable bonds is 5. The zero-order chi connectivity index (χ0) is 14.6. The third-order valence-electron chi connectivity index (χ3n) is 4.21. The number of nitrogen functional groups attached to an aromatic ring is 1. The number of hydrogen-bond donors (Lipinski definition) is 4. The van der Waals surface area contributed by atoms with Crippen molar-refractivity contribution in [2.75, 3.05) is 17.3 Å². The fraction of sp³-hybridized carbons (Fsp3) is 0.714. The highest BCUT2D eigenvalue weighted by Gasteiger charge is 2.35. The number of nitrogens with two attached hydrogens (primary N) is 1. The van der Waals surface area contributed by atoms with Crippen LogP contribution in [0.1, 0.15) is 45.1 Å². The van der Waals surface area contributed by atoms with Crippen molar-refractivity contribution in [1.82, 2.24) is 9.97 Å². The molecule has 2 unspecified atom stereocenters. The van der Waals surface area contributed by atoms with Gasteiger partial charge in [0.05, 0.1) is 12.1 Å². The van der Waals surface area contributed by atoms with Gasteiger partial charge in [-0.15, -0.1) is 0 Å². The van der Waals surface area contributed by atoms with E-state index in [9.17, 15) is 5.11 Å². The number of nitrogens with zero attached hydrogens (tertiary/aromatic N) is 2. The van der Waals surface area contributed by atoms with Crippen molar-refractivity contribution in [3.05, 3.63) is 11.9 Å². The molecule has 1 heterocycles. The molecule has 6 nitrogen and oxygen atoms in total. The van der Waals surface area contributed by atoms with Gasteiger partial charge in [0.1, 0.15) is 18.0 Å². The molecule has 2 atom stereocenters. The Morgan fingerprint density at radius 3 is 2.80 bits per heavy atom. The zero-order valence-electron chi connectivity index (χ0n) is 12.3. The van der Waals surface area contributed by atoms with E-state index in [1.165, 1.54) is 12.7 Å². The summed E-state index contributed by atoms with van der Waals surface area (Å²) in [6, 6.07) is 0. The molecule has 0 aliphatic heterocycles. The molecule has 1 fully saturated rings. The van der Waals surface area contributed by atoms with Crippen molar-refractivity contribution in [2.24, 2.45) is 11.8 Å². The first-order chi connectivity index (χ1) is 9.64. The molecule has 1 saturated carbocycles. The van der Waals surface area contributed by atoms with Gasteiger partial charge in [0.15, 0.2) is 0 Å². The van der Waals surface area contributed by atoms with E-state index in [0.29, 0.717) is 11.7 Å². The second kappa shape index (κ2) is 6.37. The predicted octanol–water partition coefficient (Wildman–Crippen LogP) is 1.68. The Bertz CT molecular complexity index is 453.